The lowest BCUT2D eigenvalue weighted by atomic mass is 9.92. The Morgan fingerprint density at radius 2 is 1.68 bits per heavy atom. The molecule has 2 amide bonds. The molecular weight excluding hydrogens is 428 g/mol. The number of carbonyl (C=O) groups is 3. The van der Waals surface area contributed by atoms with Crippen LogP contribution in [0.1, 0.15) is 49.8 Å². The molecule has 6 heteroatoms. The first-order valence-corrected chi connectivity index (χ1v) is 11.9. The van der Waals surface area contributed by atoms with Crippen LogP contribution in [0.5, 0.6) is 0 Å². The highest BCUT2D eigenvalue weighted by Crippen LogP contribution is 2.33. The zero-order valence-electron chi connectivity index (χ0n) is 20.1. The second-order valence-electron chi connectivity index (χ2n) is 8.88. The smallest absolute Gasteiger partial charge is 0.227 e. The molecular formula is C28H34N2O4. The van der Waals surface area contributed by atoms with Crippen molar-refractivity contribution in [2.24, 2.45) is 5.92 Å². The number of carbonyl (C=O) groups excluding carboxylic acids is 3. The summed E-state index contributed by atoms with van der Waals surface area (Å²) in [7, 11) is 0. The van der Waals surface area contributed by atoms with Crippen LogP contribution in [0.3, 0.4) is 0 Å². The molecule has 6 nitrogen and oxygen atoms in total. The van der Waals surface area contributed by atoms with Gasteiger partial charge in [-0.05, 0) is 34.8 Å². The number of amides is 2. The normalized spacial score (nSPS) is 13.0. The highest BCUT2D eigenvalue weighted by molar-refractivity contribution is 5.97. The summed E-state index contributed by atoms with van der Waals surface area (Å²) < 4.78 is 5.41. The van der Waals surface area contributed by atoms with Gasteiger partial charge in [-0.1, -0.05) is 62.9 Å². The van der Waals surface area contributed by atoms with Gasteiger partial charge in [0.05, 0.1) is 19.8 Å². The van der Waals surface area contributed by atoms with E-state index in [0.717, 1.165) is 28.0 Å². The Balaban J connectivity index is 1.53. The van der Waals surface area contributed by atoms with Gasteiger partial charge in [0, 0.05) is 37.4 Å². The summed E-state index contributed by atoms with van der Waals surface area (Å²) in [4.78, 5) is 38.8. The molecule has 2 aromatic rings. The predicted molar refractivity (Wildman–Crippen MR) is 134 cm³/mol. The fourth-order valence-corrected chi connectivity index (χ4v) is 4.00. The maximum absolute atomic E-state index is 13.2. The van der Waals surface area contributed by atoms with Gasteiger partial charge in [-0.2, -0.15) is 0 Å². The molecule has 2 aromatic carbocycles. The first-order chi connectivity index (χ1) is 16.4. The summed E-state index contributed by atoms with van der Waals surface area (Å²) in [6.07, 6.45) is 1.28. The van der Waals surface area contributed by atoms with Gasteiger partial charge in [0.1, 0.15) is 5.78 Å². The highest BCUT2D eigenvalue weighted by Gasteiger charge is 2.24. The van der Waals surface area contributed by atoms with E-state index in [1.807, 2.05) is 62.4 Å². The Bertz CT molecular complexity index is 1040. The average molecular weight is 463 g/mol. The number of fused-ring (bicyclic) bond motifs is 2. The van der Waals surface area contributed by atoms with E-state index >= 15 is 0 Å². The third-order valence-corrected chi connectivity index (χ3v) is 5.99. The number of nitrogens with one attached hydrogen (secondary N) is 1. The van der Waals surface area contributed by atoms with E-state index in [-0.39, 0.29) is 36.4 Å². The molecule has 0 atom stereocenters. The van der Waals surface area contributed by atoms with Crippen molar-refractivity contribution in [1.82, 2.24) is 5.32 Å². The van der Waals surface area contributed by atoms with Crippen LogP contribution < -0.4 is 10.2 Å². The van der Waals surface area contributed by atoms with Crippen molar-refractivity contribution in [2.45, 2.75) is 46.1 Å². The van der Waals surface area contributed by atoms with E-state index < -0.39 is 0 Å². The monoisotopic (exact) mass is 462 g/mol. The number of nitrogens with zero attached hydrogens (tertiary/aromatic N) is 1. The van der Waals surface area contributed by atoms with Crippen molar-refractivity contribution >= 4 is 28.9 Å². The lowest BCUT2D eigenvalue weighted by Gasteiger charge is -2.29. The van der Waals surface area contributed by atoms with E-state index in [1.54, 1.807) is 4.90 Å². The van der Waals surface area contributed by atoms with Crippen molar-refractivity contribution in [2.75, 3.05) is 24.7 Å². The van der Waals surface area contributed by atoms with Crippen LogP contribution in [-0.4, -0.2) is 37.4 Å². The van der Waals surface area contributed by atoms with E-state index in [1.165, 1.54) is 0 Å². The number of rotatable bonds is 10. The summed E-state index contributed by atoms with van der Waals surface area (Å²) in [5.41, 5.74) is 5.07. The fraction of sp³-hybridized carbons (Fsp3) is 0.393. The van der Waals surface area contributed by atoms with Crippen molar-refractivity contribution < 1.29 is 19.1 Å². The molecule has 0 radical (unpaired) electrons. The molecule has 1 aliphatic heterocycles. The van der Waals surface area contributed by atoms with Crippen molar-refractivity contribution in [3.05, 3.63) is 71.8 Å². The Morgan fingerprint density at radius 1 is 0.971 bits per heavy atom. The third-order valence-electron chi connectivity index (χ3n) is 5.99. The highest BCUT2D eigenvalue weighted by atomic mass is 16.5. The number of para-hydroxylation sites is 1. The van der Waals surface area contributed by atoms with Gasteiger partial charge in [0.2, 0.25) is 11.8 Å². The number of ketones is 1. The van der Waals surface area contributed by atoms with Gasteiger partial charge in [-0.25, -0.2) is 0 Å². The molecule has 0 fully saturated rings. The zero-order valence-corrected chi connectivity index (χ0v) is 20.1. The molecule has 34 heavy (non-hydrogen) atoms. The topological polar surface area (TPSA) is 75.7 Å². The maximum atomic E-state index is 13.2. The number of Topliss-reactive ketones (excluding diaryl/α,β-unsaturated/α-hetero) is 1. The van der Waals surface area contributed by atoms with Gasteiger partial charge in [-0.3, -0.25) is 14.4 Å². The SMILES string of the molecule is C=C1Cc2ccccc2N(C(=O)CCC(=O)NCCOCCC(=O)C(C)C)Cc2ccccc21. The fourth-order valence-electron chi connectivity index (χ4n) is 4.00. The average Bonchev–Trinajstić information content (AvgIpc) is 2.82. The lowest BCUT2D eigenvalue weighted by molar-refractivity contribution is -0.125. The second-order valence-corrected chi connectivity index (χ2v) is 8.88. The maximum Gasteiger partial charge on any atom is 0.227 e. The van der Waals surface area contributed by atoms with Gasteiger partial charge in [-0.15, -0.1) is 0 Å². The number of hydrogen-bond acceptors (Lipinski definition) is 4. The lowest BCUT2D eigenvalue weighted by Crippen LogP contribution is -2.34. The molecule has 3 rings (SSSR count). The Kier molecular flexibility index (Phi) is 9.16. The molecule has 0 unspecified atom stereocenters. The number of benzene rings is 2. The summed E-state index contributed by atoms with van der Waals surface area (Å²) >= 11 is 0. The summed E-state index contributed by atoms with van der Waals surface area (Å²) in [5, 5.41) is 2.78. The number of hydrogen-bond donors (Lipinski definition) is 1. The van der Waals surface area contributed by atoms with Crippen molar-refractivity contribution in [3.8, 4) is 0 Å². The van der Waals surface area contributed by atoms with Crippen LogP contribution in [0.2, 0.25) is 0 Å². The standard InChI is InChI=1S/C28H34N2O4/c1-20(2)26(31)14-16-34-17-15-29-27(32)12-13-28(33)30-19-23-9-4-6-10-24(23)21(3)18-22-8-5-7-11-25(22)30/h4-11,20H,3,12-19H2,1-2H3,(H,29,32). The Hall–Kier alpha value is -3.25. The van der Waals surface area contributed by atoms with Crippen LogP contribution in [0, 0.1) is 5.92 Å². The molecule has 1 aliphatic rings. The van der Waals surface area contributed by atoms with Gasteiger partial charge in [0.25, 0.3) is 0 Å². The molecule has 0 aliphatic carbocycles. The van der Waals surface area contributed by atoms with E-state index in [9.17, 15) is 14.4 Å². The molecule has 0 saturated carbocycles. The van der Waals surface area contributed by atoms with Crippen molar-refractivity contribution in [1.29, 1.82) is 0 Å². The van der Waals surface area contributed by atoms with Crippen LogP contribution >= 0.6 is 0 Å². The second kappa shape index (κ2) is 12.3. The molecule has 0 aromatic heterocycles. The summed E-state index contributed by atoms with van der Waals surface area (Å²) in [6, 6.07) is 15.9. The molecule has 0 bridgehead atoms. The molecule has 0 spiro atoms. The van der Waals surface area contributed by atoms with Gasteiger partial charge < -0.3 is 15.0 Å². The largest absolute Gasteiger partial charge is 0.379 e. The first kappa shape index (κ1) is 25.4. The molecule has 180 valence electrons. The van der Waals surface area contributed by atoms with Crippen LogP contribution in [0.25, 0.3) is 5.57 Å². The predicted octanol–water partition coefficient (Wildman–Crippen LogP) is 4.32. The van der Waals surface area contributed by atoms with Crippen molar-refractivity contribution in [3.63, 3.8) is 0 Å². The number of anilines is 1. The van der Waals surface area contributed by atoms with E-state index in [4.69, 9.17) is 4.74 Å². The number of ether oxygens (including phenoxy) is 1. The Morgan fingerprint density at radius 3 is 2.44 bits per heavy atom. The summed E-state index contributed by atoms with van der Waals surface area (Å²) in [6.45, 7) is 9.48. The molecule has 1 heterocycles. The minimum atomic E-state index is -0.190. The van der Waals surface area contributed by atoms with Gasteiger partial charge in [0.15, 0.2) is 0 Å². The Labute approximate surface area is 202 Å². The molecule has 0 saturated heterocycles. The zero-order chi connectivity index (χ0) is 24.5. The van der Waals surface area contributed by atoms with Gasteiger partial charge >= 0.3 is 0 Å². The van der Waals surface area contributed by atoms with Crippen LogP contribution in [-0.2, 0) is 32.1 Å². The third kappa shape index (κ3) is 6.87. The number of allylic oxidation sites excluding steroid dienone is 1. The van der Waals surface area contributed by atoms with Crippen LogP contribution in [0.4, 0.5) is 5.69 Å². The quantitative estimate of drug-likeness (QED) is 0.534. The minimum Gasteiger partial charge on any atom is -0.379 e. The van der Waals surface area contributed by atoms with E-state index in [2.05, 4.69) is 11.9 Å². The minimum absolute atomic E-state index is 0.00804. The van der Waals surface area contributed by atoms with Crippen LogP contribution in [0.15, 0.2) is 55.1 Å². The first-order valence-electron chi connectivity index (χ1n) is 11.9. The van der Waals surface area contributed by atoms with E-state index in [0.29, 0.717) is 39.1 Å². The molecule has 1 N–H and O–H groups in total. The summed E-state index contributed by atoms with van der Waals surface area (Å²) in [5.74, 6) is -0.105.